The predicted octanol–water partition coefficient (Wildman–Crippen LogP) is 13.0. The number of rotatable bonds is 6. The first kappa shape index (κ1) is 33.7. The number of para-hydroxylation sites is 4. The summed E-state index contributed by atoms with van der Waals surface area (Å²) in [6.07, 6.45) is 0. The van der Waals surface area contributed by atoms with Gasteiger partial charge in [0, 0.05) is 60.6 Å². The van der Waals surface area contributed by atoms with Crippen LogP contribution in [0.1, 0.15) is 0 Å². The Morgan fingerprint density at radius 1 is 0.373 bits per heavy atom. The maximum Gasteiger partial charge on any atom is 0.174 e. The molecule has 0 fully saturated rings. The Bertz CT molecular complexity index is 3460. The number of benzene rings is 9. The van der Waals surface area contributed by atoms with E-state index in [2.05, 4.69) is 196 Å². The SMILES string of the molecule is O=P1(c2ccccc2)c2ccccc2-c2ccc3c4ccccc4n(-c4ccc(N(c5ccccc5)c5ccc6c7ccccc7n(-c7ccccc7)c6c5)cc4)c3c21. The second-order valence-electron chi connectivity index (χ2n) is 15.2. The molecule has 0 spiro atoms. The molecular formula is C54H36N3OP. The zero-order valence-electron chi connectivity index (χ0n) is 32.0. The fourth-order valence-corrected chi connectivity index (χ4v) is 12.8. The molecule has 9 aromatic carbocycles. The van der Waals surface area contributed by atoms with E-state index in [-0.39, 0.29) is 0 Å². The van der Waals surface area contributed by atoms with Crippen molar-refractivity contribution >= 4 is 83.7 Å². The number of anilines is 3. The third-order valence-corrected chi connectivity index (χ3v) is 15.3. The molecule has 4 nitrogen and oxygen atoms in total. The number of aromatic nitrogens is 2. The molecule has 11 aromatic rings. The molecule has 0 N–H and O–H groups in total. The van der Waals surface area contributed by atoms with Crippen LogP contribution in [0.25, 0.3) is 66.1 Å². The van der Waals surface area contributed by atoms with Crippen LogP contribution in [-0.2, 0) is 4.57 Å². The highest BCUT2D eigenvalue weighted by molar-refractivity contribution is 7.86. The van der Waals surface area contributed by atoms with E-state index in [0.29, 0.717) is 0 Å². The van der Waals surface area contributed by atoms with Gasteiger partial charge in [-0.3, -0.25) is 0 Å². The molecule has 3 heterocycles. The summed E-state index contributed by atoms with van der Waals surface area (Å²) in [4.78, 5) is 2.33. The van der Waals surface area contributed by atoms with Gasteiger partial charge in [-0.2, -0.15) is 0 Å². The van der Waals surface area contributed by atoms with Crippen molar-refractivity contribution in [1.82, 2.24) is 9.13 Å². The van der Waals surface area contributed by atoms with Gasteiger partial charge in [-0.05, 0) is 83.9 Å². The Labute approximate surface area is 341 Å². The second kappa shape index (κ2) is 13.1. The molecule has 0 radical (unpaired) electrons. The van der Waals surface area contributed by atoms with Gasteiger partial charge in [-0.15, -0.1) is 0 Å². The minimum absolute atomic E-state index is 0.854. The average Bonchev–Trinajstić information content (AvgIpc) is 3.91. The summed E-state index contributed by atoms with van der Waals surface area (Å²) in [6.45, 7) is 0. The minimum Gasteiger partial charge on any atom is -0.310 e. The van der Waals surface area contributed by atoms with Gasteiger partial charge in [0.2, 0.25) is 0 Å². The zero-order valence-corrected chi connectivity index (χ0v) is 32.9. The molecule has 1 unspecified atom stereocenters. The highest BCUT2D eigenvalue weighted by atomic mass is 31.2. The number of fused-ring (bicyclic) bond motifs is 10. The van der Waals surface area contributed by atoms with E-state index in [1.54, 1.807) is 0 Å². The van der Waals surface area contributed by atoms with Crippen molar-refractivity contribution in [2.45, 2.75) is 0 Å². The van der Waals surface area contributed by atoms with Crippen LogP contribution in [0.3, 0.4) is 0 Å². The molecule has 0 saturated carbocycles. The Balaban J connectivity index is 1.07. The van der Waals surface area contributed by atoms with E-state index >= 15 is 4.57 Å². The van der Waals surface area contributed by atoms with Gasteiger partial charge >= 0.3 is 0 Å². The van der Waals surface area contributed by atoms with Crippen molar-refractivity contribution in [2.75, 3.05) is 4.90 Å². The van der Waals surface area contributed by atoms with Crippen molar-refractivity contribution in [3.8, 4) is 22.5 Å². The largest absolute Gasteiger partial charge is 0.310 e. The van der Waals surface area contributed by atoms with Gasteiger partial charge < -0.3 is 18.6 Å². The van der Waals surface area contributed by atoms with Gasteiger partial charge in [0.15, 0.2) is 7.14 Å². The maximum atomic E-state index is 16.0. The lowest BCUT2D eigenvalue weighted by molar-refractivity contribution is 0.593. The minimum atomic E-state index is -3.24. The summed E-state index contributed by atoms with van der Waals surface area (Å²) in [5.41, 5.74) is 11.8. The van der Waals surface area contributed by atoms with Crippen LogP contribution in [0.2, 0.25) is 0 Å². The first-order valence-electron chi connectivity index (χ1n) is 20.1. The molecule has 12 rings (SSSR count). The zero-order chi connectivity index (χ0) is 39.1. The summed E-state index contributed by atoms with van der Waals surface area (Å²) >= 11 is 0. The van der Waals surface area contributed by atoms with Crippen molar-refractivity contribution in [3.05, 3.63) is 218 Å². The standard InChI is InChI=1S/C54H36N3OP/c58-59(42-20-8-3-9-21-42)52-27-15-12-24-46(52)48-35-34-47-44-23-11-14-26-50(44)57(53(47)54(48)59)40-30-28-39(29-31-40)55(37-16-4-1-5-17-37)41-32-33-45-43-22-10-13-25-49(43)56(51(45)36-41)38-18-6-2-7-19-38/h1-36H. The molecule has 1 aliphatic rings. The maximum absolute atomic E-state index is 16.0. The summed E-state index contributed by atoms with van der Waals surface area (Å²) < 4.78 is 20.7. The Kier molecular flexibility index (Phi) is 7.47. The van der Waals surface area contributed by atoms with Crippen LogP contribution in [0.4, 0.5) is 17.1 Å². The molecule has 1 atom stereocenters. The Hall–Kier alpha value is -7.39. The highest BCUT2D eigenvalue weighted by Gasteiger charge is 2.42. The van der Waals surface area contributed by atoms with E-state index in [1.165, 1.54) is 16.3 Å². The third kappa shape index (κ3) is 4.94. The molecule has 2 aromatic heterocycles. The molecular weight excluding hydrogens is 738 g/mol. The van der Waals surface area contributed by atoms with Gasteiger partial charge in [0.1, 0.15) is 0 Å². The lowest BCUT2D eigenvalue weighted by atomic mass is 10.0. The molecule has 0 bridgehead atoms. The third-order valence-electron chi connectivity index (χ3n) is 12.1. The molecule has 5 heteroatoms. The second-order valence-corrected chi connectivity index (χ2v) is 17.9. The van der Waals surface area contributed by atoms with E-state index in [9.17, 15) is 0 Å². The number of hydrogen-bond acceptors (Lipinski definition) is 2. The van der Waals surface area contributed by atoms with Crippen molar-refractivity contribution < 1.29 is 4.57 Å². The van der Waals surface area contributed by atoms with Crippen molar-refractivity contribution in [1.29, 1.82) is 0 Å². The van der Waals surface area contributed by atoms with E-state index in [0.717, 1.165) is 82.8 Å². The lowest BCUT2D eigenvalue weighted by Crippen LogP contribution is -2.22. The van der Waals surface area contributed by atoms with Gasteiger partial charge in [0.25, 0.3) is 0 Å². The fraction of sp³-hybridized carbons (Fsp3) is 0. The Morgan fingerprint density at radius 3 is 1.64 bits per heavy atom. The van der Waals surface area contributed by atoms with Crippen LogP contribution in [0.15, 0.2) is 218 Å². The van der Waals surface area contributed by atoms with E-state index in [1.807, 2.05) is 36.4 Å². The first-order valence-corrected chi connectivity index (χ1v) is 21.8. The smallest absolute Gasteiger partial charge is 0.174 e. The van der Waals surface area contributed by atoms with Crippen LogP contribution < -0.4 is 20.8 Å². The number of hydrogen-bond donors (Lipinski definition) is 0. The average molecular weight is 774 g/mol. The molecule has 0 saturated heterocycles. The van der Waals surface area contributed by atoms with E-state index < -0.39 is 7.14 Å². The van der Waals surface area contributed by atoms with Crippen LogP contribution in [-0.4, -0.2) is 9.13 Å². The van der Waals surface area contributed by atoms with Crippen molar-refractivity contribution in [2.24, 2.45) is 0 Å². The molecule has 1 aliphatic heterocycles. The fourth-order valence-electron chi connectivity index (χ4n) is 9.58. The summed E-state index contributed by atoms with van der Waals surface area (Å²) in [6, 6.07) is 76.8. The van der Waals surface area contributed by atoms with Crippen LogP contribution in [0.5, 0.6) is 0 Å². The Morgan fingerprint density at radius 2 is 0.898 bits per heavy atom. The van der Waals surface area contributed by atoms with Crippen LogP contribution in [0, 0.1) is 0 Å². The quantitative estimate of drug-likeness (QED) is 0.158. The monoisotopic (exact) mass is 773 g/mol. The predicted molar refractivity (Wildman–Crippen MR) is 248 cm³/mol. The first-order chi connectivity index (χ1) is 29.2. The van der Waals surface area contributed by atoms with Crippen LogP contribution >= 0.6 is 7.14 Å². The molecule has 59 heavy (non-hydrogen) atoms. The summed E-state index contributed by atoms with van der Waals surface area (Å²) in [7, 11) is -3.24. The number of nitrogens with zero attached hydrogens (tertiary/aromatic N) is 3. The van der Waals surface area contributed by atoms with Gasteiger partial charge in [-0.1, -0.05) is 146 Å². The lowest BCUT2D eigenvalue weighted by Gasteiger charge is -2.26. The van der Waals surface area contributed by atoms with Gasteiger partial charge in [0.05, 0.1) is 27.4 Å². The van der Waals surface area contributed by atoms with Crippen molar-refractivity contribution in [3.63, 3.8) is 0 Å². The normalized spacial score (nSPS) is 14.6. The molecule has 0 amide bonds. The topological polar surface area (TPSA) is 30.2 Å². The summed E-state index contributed by atoms with van der Waals surface area (Å²) in [5.74, 6) is 0. The summed E-state index contributed by atoms with van der Waals surface area (Å²) in [5, 5.41) is 7.35. The van der Waals surface area contributed by atoms with E-state index in [4.69, 9.17) is 0 Å². The highest BCUT2D eigenvalue weighted by Crippen LogP contribution is 2.55. The van der Waals surface area contributed by atoms with Gasteiger partial charge in [-0.25, -0.2) is 0 Å². The molecule has 0 aliphatic carbocycles. The molecule has 278 valence electrons.